The van der Waals surface area contributed by atoms with Crippen molar-refractivity contribution in [2.75, 3.05) is 6.61 Å². The summed E-state index contributed by atoms with van der Waals surface area (Å²) in [6, 6.07) is 11.0. The lowest BCUT2D eigenvalue weighted by Gasteiger charge is -2.23. The lowest BCUT2D eigenvalue weighted by molar-refractivity contribution is -0.385. The van der Waals surface area contributed by atoms with Crippen LogP contribution in [0.4, 0.5) is 5.69 Å². The molecule has 1 atom stereocenters. The summed E-state index contributed by atoms with van der Waals surface area (Å²) in [5.74, 6) is 0. The molecule has 2 aromatic carbocycles. The summed E-state index contributed by atoms with van der Waals surface area (Å²) in [4.78, 5) is 16.3. The van der Waals surface area contributed by atoms with Gasteiger partial charge in [0, 0.05) is 29.7 Å². The van der Waals surface area contributed by atoms with Crippen LogP contribution in [-0.2, 0) is 17.8 Å². The van der Waals surface area contributed by atoms with Crippen molar-refractivity contribution in [3.8, 4) is 0 Å². The van der Waals surface area contributed by atoms with Crippen molar-refractivity contribution in [1.29, 1.82) is 0 Å². The lowest BCUT2D eigenvalue weighted by atomic mass is 9.96. The molecule has 5 nitrogen and oxygen atoms in total. The quantitative estimate of drug-likeness (QED) is 0.577. The Balaban J connectivity index is 1.74. The number of hydrogen-bond acceptors (Lipinski definition) is 4. The summed E-state index contributed by atoms with van der Waals surface area (Å²) >= 11 is 6.19. The normalized spacial score (nSPS) is 17.8. The second kappa shape index (κ2) is 7.52. The van der Waals surface area contributed by atoms with Crippen LogP contribution in [0.3, 0.4) is 0 Å². The standard InChI is InChI=1S/C19H21ClN2O3/c1-13-14(2)19(20)7-6-16(13)11-17-8-9-25-21(17)12-15-4-3-5-18(10-15)22(23)24/h3-7,10,17H,8-9,11-12H2,1-2H3. The fourth-order valence-electron chi connectivity index (χ4n) is 3.20. The zero-order valence-corrected chi connectivity index (χ0v) is 15.1. The second-order valence-corrected chi connectivity index (χ2v) is 6.85. The zero-order chi connectivity index (χ0) is 18.0. The number of benzene rings is 2. The number of halogens is 1. The van der Waals surface area contributed by atoms with Crippen LogP contribution in [0.1, 0.15) is 28.7 Å². The van der Waals surface area contributed by atoms with E-state index < -0.39 is 0 Å². The lowest BCUT2D eigenvalue weighted by Crippen LogP contribution is -2.29. The molecule has 6 heteroatoms. The Morgan fingerprint density at radius 2 is 2.08 bits per heavy atom. The van der Waals surface area contributed by atoms with Gasteiger partial charge in [0.2, 0.25) is 0 Å². The van der Waals surface area contributed by atoms with Gasteiger partial charge in [-0.25, -0.2) is 0 Å². The SMILES string of the molecule is Cc1c(Cl)ccc(CC2CCON2Cc2cccc([N+](=O)[O-])c2)c1C. The van der Waals surface area contributed by atoms with Crippen molar-refractivity contribution < 1.29 is 9.76 Å². The smallest absolute Gasteiger partial charge is 0.269 e. The van der Waals surface area contributed by atoms with Crippen LogP contribution in [-0.4, -0.2) is 22.6 Å². The number of nitro groups is 1. The van der Waals surface area contributed by atoms with E-state index in [1.807, 2.05) is 24.1 Å². The number of hydroxylamine groups is 2. The molecule has 0 N–H and O–H groups in total. The van der Waals surface area contributed by atoms with Gasteiger partial charge in [0.1, 0.15) is 0 Å². The molecule has 1 aliphatic rings. The maximum Gasteiger partial charge on any atom is 0.269 e. The van der Waals surface area contributed by atoms with Crippen molar-refractivity contribution in [1.82, 2.24) is 5.06 Å². The monoisotopic (exact) mass is 360 g/mol. The molecule has 3 rings (SSSR count). The van der Waals surface area contributed by atoms with Crippen LogP contribution in [0.2, 0.25) is 5.02 Å². The average molecular weight is 361 g/mol. The van der Waals surface area contributed by atoms with Crippen molar-refractivity contribution in [2.45, 2.75) is 39.3 Å². The minimum atomic E-state index is -0.369. The van der Waals surface area contributed by atoms with Crippen LogP contribution in [0.5, 0.6) is 0 Å². The molecular weight excluding hydrogens is 340 g/mol. The third-order valence-electron chi connectivity index (χ3n) is 4.86. The molecule has 0 bridgehead atoms. The van der Waals surface area contributed by atoms with E-state index in [4.69, 9.17) is 16.4 Å². The summed E-state index contributed by atoms with van der Waals surface area (Å²) < 4.78 is 0. The molecule has 25 heavy (non-hydrogen) atoms. The summed E-state index contributed by atoms with van der Waals surface area (Å²) in [5, 5.41) is 13.7. The minimum absolute atomic E-state index is 0.109. The molecule has 1 fully saturated rings. The fraction of sp³-hybridized carbons (Fsp3) is 0.368. The maximum atomic E-state index is 10.9. The first-order chi connectivity index (χ1) is 12.0. The van der Waals surface area contributed by atoms with Crippen LogP contribution >= 0.6 is 11.6 Å². The summed E-state index contributed by atoms with van der Waals surface area (Å²) in [7, 11) is 0. The van der Waals surface area contributed by atoms with E-state index in [1.54, 1.807) is 12.1 Å². The first kappa shape index (κ1) is 17.9. The van der Waals surface area contributed by atoms with Gasteiger partial charge < -0.3 is 0 Å². The van der Waals surface area contributed by atoms with E-state index in [0.29, 0.717) is 13.2 Å². The molecule has 0 aromatic heterocycles. The highest BCUT2D eigenvalue weighted by Crippen LogP contribution is 2.27. The van der Waals surface area contributed by atoms with Gasteiger partial charge in [-0.2, -0.15) is 5.06 Å². The Morgan fingerprint density at radius 3 is 2.84 bits per heavy atom. The number of non-ortho nitro benzene ring substituents is 1. The van der Waals surface area contributed by atoms with Crippen LogP contribution in [0.15, 0.2) is 36.4 Å². The number of rotatable bonds is 5. The van der Waals surface area contributed by atoms with Gasteiger partial charge in [0.15, 0.2) is 0 Å². The molecular formula is C19H21ClN2O3. The molecule has 0 spiro atoms. The van der Waals surface area contributed by atoms with E-state index in [2.05, 4.69) is 13.0 Å². The molecule has 0 saturated carbocycles. The van der Waals surface area contributed by atoms with Gasteiger partial charge in [-0.1, -0.05) is 29.8 Å². The summed E-state index contributed by atoms with van der Waals surface area (Å²) in [6.07, 6.45) is 1.81. The predicted octanol–water partition coefficient (Wildman–Crippen LogP) is 4.61. The first-order valence-corrected chi connectivity index (χ1v) is 8.71. The molecule has 1 aliphatic heterocycles. The number of hydrogen-bond donors (Lipinski definition) is 0. The van der Waals surface area contributed by atoms with Crippen LogP contribution < -0.4 is 0 Å². The molecule has 1 heterocycles. The van der Waals surface area contributed by atoms with E-state index in [1.165, 1.54) is 17.2 Å². The topological polar surface area (TPSA) is 55.6 Å². The molecule has 0 radical (unpaired) electrons. The number of nitrogens with zero attached hydrogens (tertiary/aromatic N) is 2. The van der Waals surface area contributed by atoms with Crippen LogP contribution in [0, 0.1) is 24.0 Å². The Hall–Kier alpha value is -1.95. The largest absolute Gasteiger partial charge is 0.298 e. The maximum absolute atomic E-state index is 10.9. The zero-order valence-electron chi connectivity index (χ0n) is 14.4. The Bertz CT molecular complexity index is 794. The molecule has 1 unspecified atom stereocenters. The first-order valence-electron chi connectivity index (χ1n) is 8.33. The third-order valence-corrected chi connectivity index (χ3v) is 5.27. The van der Waals surface area contributed by atoms with Gasteiger partial charge in [0.05, 0.1) is 11.5 Å². The predicted molar refractivity (Wildman–Crippen MR) is 97.6 cm³/mol. The fourth-order valence-corrected chi connectivity index (χ4v) is 3.41. The third kappa shape index (κ3) is 4.00. The number of nitro benzene ring substituents is 1. The molecule has 132 valence electrons. The van der Waals surface area contributed by atoms with Crippen molar-refractivity contribution in [2.24, 2.45) is 0 Å². The molecule has 0 aliphatic carbocycles. The van der Waals surface area contributed by atoms with Crippen LogP contribution in [0.25, 0.3) is 0 Å². The Labute approximate surface area is 152 Å². The Morgan fingerprint density at radius 1 is 1.28 bits per heavy atom. The highest BCUT2D eigenvalue weighted by Gasteiger charge is 2.27. The van der Waals surface area contributed by atoms with Crippen molar-refractivity contribution in [3.05, 3.63) is 73.8 Å². The van der Waals surface area contributed by atoms with Gasteiger partial charge in [-0.3, -0.25) is 15.0 Å². The van der Waals surface area contributed by atoms with Crippen molar-refractivity contribution >= 4 is 17.3 Å². The molecule has 0 amide bonds. The molecule has 2 aromatic rings. The Kier molecular flexibility index (Phi) is 5.37. The van der Waals surface area contributed by atoms with E-state index >= 15 is 0 Å². The van der Waals surface area contributed by atoms with E-state index in [0.717, 1.165) is 29.0 Å². The minimum Gasteiger partial charge on any atom is -0.298 e. The van der Waals surface area contributed by atoms with Gasteiger partial charge in [-0.05, 0) is 55.0 Å². The highest BCUT2D eigenvalue weighted by molar-refractivity contribution is 6.31. The summed E-state index contributed by atoms with van der Waals surface area (Å²) in [5.41, 5.74) is 4.59. The summed E-state index contributed by atoms with van der Waals surface area (Å²) in [6.45, 7) is 5.34. The molecule has 1 saturated heterocycles. The van der Waals surface area contributed by atoms with E-state index in [-0.39, 0.29) is 16.7 Å². The van der Waals surface area contributed by atoms with Gasteiger partial charge in [0.25, 0.3) is 5.69 Å². The van der Waals surface area contributed by atoms with E-state index in [9.17, 15) is 10.1 Å². The second-order valence-electron chi connectivity index (χ2n) is 6.44. The highest BCUT2D eigenvalue weighted by atomic mass is 35.5. The average Bonchev–Trinajstić information content (AvgIpc) is 3.02. The van der Waals surface area contributed by atoms with Crippen molar-refractivity contribution in [3.63, 3.8) is 0 Å². The van der Waals surface area contributed by atoms with Gasteiger partial charge >= 0.3 is 0 Å². The van der Waals surface area contributed by atoms with Gasteiger partial charge in [-0.15, -0.1) is 0 Å².